The molecule has 4 aliphatic rings. The maximum atomic E-state index is 13.3. The van der Waals surface area contributed by atoms with Crippen LogP contribution < -0.4 is 0 Å². The molecule has 0 bridgehead atoms. The summed E-state index contributed by atoms with van der Waals surface area (Å²) < 4.78 is 0. The molecule has 0 radical (unpaired) electrons. The molecular formula is C17H25N3O3. The van der Waals surface area contributed by atoms with E-state index in [9.17, 15) is 14.4 Å². The van der Waals surface area contributed by atoms with Crippen LogP contribution in [0.25, 0.3) is 0 Å². The first-order chi connectivity index (χ1) is 11.0. The summed E-state index contributed by atoms with van der Waals surface area (Å²) >= 11 is 0. The van der Waals surface area contributed by atoms with Gasteiger partial charge in [0.2, 0.25) is 17.7 Å². The highest BCUT2D eigenvalue weighted by atomic mass is 16.2. The predicted octanol–water partition coefficient (Wildman–Crippen LogP) is 0.468. The smallest absolute Gasteiger partial charge is 0.243 e. The first-order valence-electron chi connectivity index (χ1n) is 8.90. The van der Waals surface area contributed by atoms with Gasteiger partial charge in [-0.15, -0.1) is 0 Å². The van der Waals surface area contributed by atoms with Crippen LogP contribution in [0.4, 0.5) is 0 Å². The molecule has 6 nitrogen and oxygen atoms in total. The van der Waals surface area contributed by atoms with Gasteiger partial charge < -0.3 is 4.90 Å². The number of carbonyl (C=O) groups is 3. The Hall–Kier alpha value is -1.43. The minimum Gasteiger partial charge on any atom is -0.339 e. The lowest BCUT2D eigenvalue weighted by atomic mass is 9.93. The van der Waals surface area contributed by atoms with E-state index >= 15 is 0 Å². The molecule has 23 heavy (non-hydrogen) atoms. The van der Waals surface area contributed by atoms with Crippen molar-refractivity contribution < 1.29 is 14.4 Å². The molecule has 3 amide bonds. The molecule has 3 saturated heterocycles. The van der Waals surface area contributed by atoms with Crippen molar-refractivity contribution in [2.75, 3.05) is 33.2 Å². The molecule has 0 spiro atoms. The van der Waals surface area contributed by atoms with E-state index < -0.39 is 0 Å². The summed E-state index contributed by atoms with van der Waals surface area (Å²) in [6.45, 7) is 2.86. The number of imide groups is 1. The normalized spacial score (nSPS) is 33.8. The summed E-state index contributed by atoms with van der Waals surface area (Å²) in [5.41, 5.74) is -0.354. The third kappa shape index (κ3) is 2.07. The monoisotopic (exact) mass is 319 g/mol. The van der Waals surface area contributed by atoms with Crippen LogP contribution in [-0.2, 0) is 14.4 Å². The van der Waals surface area contributed by atoms with Crippen molar-refractivity contribution in [2.45, 2.75) is 44.1 Å². The second kappa shape index (κ2) is 5.30. The molecule has 2 atom stereocenters. The molecule has 0 unspecified atom stereocenters. The number of rotatable bonds is 2. The van der Waals surface area contributed by atoms with E-state index in [4.69, 9.17) is 0 Å². The van der Waals surface area contributed by atoms with E-state index in [1.54, 1.807) is 7.05 Å². The van der Waals surface area contributed by atoms with Crippen LogP contribution in [-0.4, -0.2) is 71.2 Å². The Labute approximate surface area is 136 Å². The van der Waals surface area contributed by atoms with Crippen LogP contribution in [0.5, 0.6) is 0 Å². The average Bonchev–Trinajstić information content (AvgIpc) is 3.32. The van der Waals surface area contributed by atoms with Crippen molar-refractivity contribution in [3.05, 3.63) is 0 Å². The topological polar surface area (TPSA) is 60.9 Å². The van der Waals surface area contributed by atoms with Gasteiger partial charge in [-0.1, -0.05) is 12.8 Å². The summed E-state index contributed by atoms with van der Waals surface area (Å²) in [5.74, 6) is -0.676. The molecule has 1 aliphatic carbocycles. The molecule has 3 heterocycles. The largest absolute Gasteiger partial charge is 0.339 e. The quantitative estimate of drug-likeness (QED) is 0.694. The lowest BCUT2D eigenvalue weighted by Crippen LogP contribution is -2.57. The summed E-state index contributed by atoms with van der Waals surface area (Å²) in [6.07, 6.45) is 6.40. The van der Waals surface area contributed by atoms with Gasteiger partial charge in [-0.2, -0.15) is 0 Å². The first kappa shape index (κ1) is 15.1. The molecule has 4 fully saturated rings. The van der Waals surface area contributed by atoms with Crippen LogP contribution in [0, 0.1) is 11.8 Å². The lowest BCUT2D eigenvalue weighted by molar-refractivity contribution is -0.144. The van der Waals surface area contributed by atoms with E-state index in [1.165, 1.54) is 17.7 Å². The molecule has 1 saturated carbocycles. The molecule has 0 aromatic heterocycles. The van der Waals surface area contributed by atoms with Gasteiger partial charge in [0.25, 0.3) is 0 Å². The van der Waals surface area contributed by atoms with Gasteiger partial charge in [-0.25, -0.2) is 0 Å². The van der Waals surface area contributed by atoms with Crippen LogP contribution in [0.2, 0.25) is 0 Å². The summed E-state index contributed by atoms with van der Waals surface area (Å²) in [5, 5.41) is 0. The molecular weight excluding hydrogens is 294 g/mol. The number of fused-ring (bicyclic) bond motifs is 1. The number of nitrogens with zero attached hydrogens (tertiary/aromatic N) is 3. The van der Waals surface area contributed by atoms with Crippen molar-refractivity contribution >= 4 is 17.7 Å². The summed E-state index contributed by atoms with van der Waals surface area (Å²) in [6, 6.07) is 0. The minimum absolute atomic E-state index is 0.114. The molecule has 0 N–H and O–H groups in total. The Morgan fingerprint density at radius 2 is 1.48 bits per heavy atom. The number of amides is 3. The fraction of sp³-hybridized carbons (Fsp3) is 0.824. The van der Waals surface area contributed by atoms with Crippen molar-refractivity contribution in [1.29, 1.82) is 0 Å². The lowest BCUT2D eigenvalue weighted by Gasteiger charge is -2.40. The van der Waals surface area contributed by atoms with Crippen LogP contribution in [0.1, 0.15) is 38.5 Å². The number of hydrogen-bond donors (Lipinski definition) is 0. The van der Waals surface area contributed by atoms with Crippen LogP contribution >= 0.6 is 0 Å². The molecule has 6 heteroatoms. The van der Waals surface area contributed by atoms with Crippen molar-refractivity contribution in [3.63, 3.8) is 0 Å². The zero-order chi connectivity index (χ0) is 16.2. The number of likely N-dealkylation sites (tertiary alicyclic amines) is 3. The maximum absolute atomic E-state index is 13.3. The highest BCUT2D eigenvalue weighted by molar-refractivity contribution is 6.06. The highest BCUT2D eigenvalue weighted by Crippen LogP contribution is 2.41. The zero-order valence-electron chi connectivity index (χ0n) is 13.8. The summed E-state index contributed by atoms with van der Waals surface area (Å²) in [7, 11) is 1.55. The Morgan fingerprint density at radius 3 is 2.00 bits per heavy atom. The van der Waals surface area contributed by atoms with Gasteiger partial charge in [0, 0.05) is 20.1 Å². The van der Waals surface area contributed by atoms with Gasteiger partial charge in [-0.3, -0.25) is 24.2 Å². The molecule has 4 rings (SSSR count). The first-order valence-corrected chi connectivity index (χ1v) is 8.90. The van der Waals surface area contributed by atoms with Crippen molar-refractivity contribution in [3.8, 4) is 0 Å². The number of carbonyl (C=O) groups excluding carboxylic acids is 3. The molecule has 126 valence electrons. The fourth-order valence-corrected chi connectivity index (χ4v) is 5.14. The third-order valence-electron chi connectivity index (χ3n) is 6.44. The van der Waals surface area contributed by atoms with Crippen LogP contribution in [0.3, 0.4) is 0 Å². The Bertz CT molecular complexity index is 525. The molecule has 0 aromatic carbocycles. The minimum atomic E-state index is -0.354. The van der Waals surface area contributed by atoms with Crippen molar-refractivity contribution in [1.82, 2.24) is 14.7 Å². The van der Waals surface area contributed by atoms with Gasteiger partial charge >= 0.3 is 0 Å². The number of hydrogen-bond acceptors (Lipinski definition) is 4. The third-order valence-corrected chi connectivity index (χ3v) is 6.44. The second-order valence-electron chi connectivity index (χ2n) is 7.59. The standard InChI is InChI=1S/C17H25N3O3/c1-18-14(21)12-10-19(11-13(12)15(18)22)16(23)17(6-2-3-7-17)20-8-4-5-9-20/h12-13H,2-11H2,1H3/t12-,13+. The fourth-order valence-electron chi connectivity index (χ4n) is 5.14. The summed E-state index contributed by atoms with van der Waals surface area (Å²) in [4.78, 5) is 43.1. The van der Waals surface area contributed by atoms with E-state index in [1.807, 2.05) is 4.90 Å². The van der Waals surface area contributed by atoms with E-state index in [0.717, 1.165) is 38.8 Å². The highest BCUT2D eigenvalue weighted by Gasteiger charge is 2.56. The second-order valence-corrected chi connectivity index (χ2v) is 7.59. The van der Waals surface area contributed by atoms with Gasteiger partial charge in [0.15, 0.2) is 0 Å². The molecule has 0 aromatic rings. The molecule has 3 aliphatic heterocycles. The Kier molecular flexibility index (Phi) is 3.48. The van der Waals surface area contributed by atoms with Crippen LogP contribution in [0.15, 0.2) is 0 Å². The maximum Gasteiger partial charge on any atom is 0.243 e. The zero-order valence-corrected chi connectivity index (χ0v) is 13.8. The van der Waals surface area contributed by atoms with E-state index in [2.05, 4.69) is 4.90 Å². The van der Waals surface area contributed by atoms with E-state index in [0.29, 0.717) is 13.1 Å². The van der Waals surface area contributed by atoms with Gasteiger partial charge in [0.05, 0.1) is 11.8 Å². The Morgan fingerprint density at radius 1 is 0.957 bits per heavy atom. The van der Waals surface area contributed by atoms with Crippen molar-refractivity contribution in [2.24, 2.45) is 11.8 Å². The van der Waals surface area contributed by atoms with Gasteiger partial charge in [0.1, 0.15) is 5.54 Å². The SMILES string of the molecule is CN1C(=O)[C@H]2CN(C(=O)C3(N4CCCC4)CCCC3)C[C@H]2C1=O. The average molecular weight is 319 g/mol. The predicted molar refractivity (Wildman–Crippen MR) is 83.3 cm³/mol. The Balaban J connectivity index is 1.55. The van der Waals surface area contributed by atoms with Gasteiger partial charge in [-0.05, 0) is 38.8 Å². The van der Waals surface area contributed by atoms with E-state index in [-0.39, 0.29) is 35.1 Å².